The molecule has 1 amide bonds. The quantitative estimate of drug-likeness (QED) is 0.767. The fourth-order valence-electron chi connectivity index (χ4n) is 1.87. The number of methoxy groups -OCH3 is 1. The van der Waals surface area contributed by atoms with E-state index in [1.807, 2.05) is 13.8 Å². The molecule has 0 heterocycles. The zero-order chi connectivity index (χ0) is 15.8. The maximum atomic E-state index is 12.1. The van der Waals surface area contributed by atoms with Gasteiger partial charge in [0.05, 0.1) is 13.7 Å². The summed E-state index contributed by atoms with van der Waals surface area (Å²) in [5.41, 5.74) is 0.331. The summed E-state index contributed by atoms with van der Waals surface area (Å²) in [6.07, 6.45) is 1.05. The Bertz CT molecular complexity index is 501. The lowest BCUT2D eigenvalue weighted by molar-refractivity contribution is -0.139. The number of aliphatic carboxylic acids is 1. The highest BCUT2D eigenvalue weighted by atomic mass is 16.5. The zero-order valence-corrected chi connectivity index (χ0v) is 12.5. The molecular formula is C15H21NO5. The van der Waals surface area contributed by atoms with Gasteiger partial charge in [-0.25, -0.2) is 4.79 Å². The first-order chi connectivity index (χ1) is 10.0. The van der Waals surface area contributed by atoms with Gasteiger partial charge in [-0.2, -0.15) is 0 Å². The lowest BCUT2D eigenvalue weighted by atomic mass is 10.1. The Balaban J connectivity index is 2.89. The molecule has 21 heavy (non-hydrogen) atoms. The molecule has 1 atom stereocenters. The van der Waals surface area contributed by atoms with E-state index in [0.717, 1.165) is 0 Å². The van der Waals surface area contributed by atoms with Gasteiger partial charge in [-0.05, 0) is 31.5 Å². The third kappa shape index (κ3) is 4.66. The van der Waals surface area contributed by atoms with E-state index in [9.17, 15) is 9.59 Å². The van der Waals surface area contributed by atoms with Crippen molar-refractivity contribution in [1.29, 1.82) is 0 Å². The molecule has 0 aliphatic carbocycles. The summed E-state index contributed by atoms with van der Waals surface area (Å²) in [6.45, 7) is 4.20. The van der Waals surface area contributed by atoms with Crippen molar-refractivity contribution in [2.75, 3.05) is 13.7 Å². The van der Waals surface area contributed by atoms with Gasteiger partial charge in [0.1, 0.15) is 6.04 Å². The normalized spacial score (nSPS) is 11.6. The smallest absolute Gasteiger partial charge is 0.326 e. The van der Waals surface area contributed by atoms with Gasteiger partial charge in [-0.1, -0.05) is 13.3 Å². The molecule has 0 spiro atoms. The molecule has 1 aromatic rings. The number of carboxylic acid groups (broad SMARTS) is 1. The van der Waals surface area contributed by atoms with Gasteiger partial charge in [0.15, 0.2) is 11.5 Å². The molecule has 0 aliphatic rings. The van der Waals surface area contributed by atoms with Gasteiger partial charge in [-0.3, -0.25) is 4.79 Å². The van der Waals surface area contributed by atoms with E-state index < -0.39 is 17.9 Å². The predicted octanol–water partition coefficient (Wildman–Crippen LogP) is 2.08. The molecule has 0 radical (unpaired) electrons. The van der Waals surface area contributed by atoms with Crippen molar-refractivity contribution in [1.82, 2.24) is 5.32 Å². The number of hydrogen-bond donors (Lipinski definition) is 2. The van der Waals surface area contributed by atoms with Gasteiger partial charge in [0.2, 0.25) is 0 Å². The lowest BCUT2D eigenvalue weighted by Crippen LogP contribution is -2.40. The zero-order valence-electron chi connectivity index (χ0n) is 12.5. The standard InChI is InChI=1S/C15H21NO5/c1-4-6-11(15(18)19)16-14(17)10-7-8-12(21-5-2)13(9-10)20-3/h7-9,11H,4-6H2,1-3H3,(H,16,17)(H,18,19). The molecule has 0 saturated heterocycles. The Morgan fingerprint density at radius 1 is 1.29 bits per heavy atom. The summed E-state index contributed by atoms with van der Waals surface area (Å²) in [6, 6.07) is 3.85. The van der Waals surface area contributed by atoms with Crippen LogP contribution in [-0.4, -0.2) is 36.7 Å². The van der Waals surface area contributed by atoms with Gasteiger partial charge in [-0.15, -0.1) is 0 Å². The first-order valence-corrected chi connectivity index (χ1v) is 6.87. The van der Waals surface area contributed by atoms with Crippen LogP contribution in [0.5, 0.6) is 11.5 Å². The molecule has 1 rings (SSSR count). The van der Waals surface area contributed by atoms with Gasteiger partial charge in [0, 0.05) is 5.56 Å². The molecule has 0 saturated carbocycles. The summed E-state index contributed by atoms with van der Waals surface area (Å²) in [7, 11) is 1.48. The van der Waals surface area contributed by atoms with Crippen LogP contribution in [0.15, 0.2) is 18.2 Å². The van der Waals surface area contributed by atoms with Crippen molar-refractivity contribution in [2.45, 2.75) is 32.7 Å². The monoisotopic (exact) mass is 295 g/mol. The third-order valence-corrected chi connectivity index (χ3v) is 2.91. The first-order valence-electron chi connectivity index (χ1n) is 6.87. The molecule has 1 aromatic carbocycles. The molecule has 116 valence electrons. The van der Waals surface area contributed by atoms with Crippen molar-refractivity contribution >= 4 is 11.9 Å². The fourth-order valence-corrected chi connectivity index (χ4v) is 1.87. The molecule has 6 nitrogen and oxygen atoms in total. The Hall–Kier alpha value is -2.24. The number of carboxylic acids is 1. The number of benzene rings is 1. The van der Waals surface area contributed by atoms with Crippen LogP contribution in [0.3, 0.4) is 0 Å². The van der Waals surface area contributed by atoms with Crippen molar-refractivity contribution < 1.29 is 24.2 Å². The molecular weight excluding hydrogens is 274 g/mol. The van der Waals surface area contributed by atoms with Crippen molar-refractivity contribution in [3.05, 3.63) is 23.8 Å². The van der Waals surface area contributed by atoms with Gasteiger partial charge >= 0.3 is 5.97 Å². The maximum absolute atomic E-state index is 12.1. The average Bonchev–Trinajstić information content (AvgIpc) is 2.47. The van der Waals surface area contributed by atoms with Crippen LogP contribution < -0.4 is 14.8 Å². The second kappa shape index (κ2) is 8.14. The number of carbonyl (C=O) groups is 2. The Morgan fingerprint density at radius 2 is 2.00 bits per heavy atom. The van der Waals surface area contributed by atoms with E-state index >= 15 is 0 Å². The highest BCUT2D eigenvalue weighted by Gasteiger charge is 2.20. The number of hydrogen-bond acceptors (Lipinski definition) is 4. The predicted molar refractivity (Wildman–Crippen MR) is 78.0 cm³/mol. The van der Waals surface area contributed by atoms with Crippen LogP contribution in [0.4, 0.5) is 0 Å². The van der Waals surface area contributed by atoms with E-state index in [2.05, 4.69) is 5.32 Å². The molecule has 2 N–H and O–H groups in total. The third-order valence-electron chi connectivity index (χ3n) is 2.91. The summed E-state index contributed by atoms with van der Waals surface area (Å²) in [5, 5.41) is 11.6. The van der Waals surface area contributed by atoms with E-state index in [1.165, 1.54) is 13.2 Å². The van der Waals surface area contributed by atoms with Gasteiger partial charge in [0.25, 0.3) is 5.91 Å². The van der Waals surface area contributed by atoms with E-state index in [4.69, 9.17) is 14.6 Å². The van der Waals surface area contributed by atoms with Crippen LogP contribution in [0, 0.1) is 0 Å². The Kier molecular flexibility index (Phi) is 6.52. The van der Waals surface area contributed by atoms with E-state index in [1.54, 1.807) is 12.1 Å². The number of nitrogens with one attached hydrogen (secondary N) is 1. The molecule has 0 aliphatic heterocycles. The fraction of sp³-hybridized carbons (Fsp3) is 0.467. The largest absolute Gasteiger partial charge is 0.493 e. The van der Waals surface area contributed by atoms with Crippen molar-refractivity contribution in [2.24, 2.45) is 0 Å². The highest BCUT2D eigenvalue weighted by molar-refractivity contribution is 5.97. The Morgan fingerprint density at radius 3 is 2.52 bits per heavy atom. The Labute approximate surface area is 124 Å². The number of carbonyl (C=O) groups excluding carboxylic acids is 1. The van der Waals surface area contributed by atoms with Crippen molar-refractivity contribution in [3.8, 4) is 11.5 Å². The number of rotatable bonds is 8. The SMILES string of the molecule is CCCC(NC(=O)c1ccc(OCC)c(OC)c1)C(=O)O. The minimum absolute atomic E-state index is 0.331. The molecule has 0 bridgehead atoms. The summed E-state index contributed by atoms with van der Waals surface area (Å²) in [5.74, 6) is -0.507. The first kappa shape index (κ1) is 16.8. The highest BCUT2D eigenvalue weighted by Crippen LogP contribution is 2.28. The van der Waals surface area contributed by atoms with Crippen LogP contribution in [0.1, 0.15) is 37.0 Å². The molecule has 0 aromatic heterocycles. The lowest BCUT2D eigenvalue weighted by Gasteiger charge is -2.15. The topological polar surface area (TPSA) is 84.9 Å². The minimum atomic E-state index is -1.04. The number of amides is 1. The second-order valence-electron chi connectivity index (χ2n) is 4.45. The van der Waals surface area contributed by atoms with Crippen LogP contribution >= 0.6 is 0 Å². The van der Waals surface area contributed by atoms with E-state index in [0.29, 0.717) is 36.5 Å². The van der Waals surface area contributed by atoms with Gasteiger partial charge < -0.3 is 19.9 Å². The number of ether oxygens (including phenoxy) is 2. The summed E-state index contributed by atoms with van der Waals surface area (Å²) >= 11 is 0. The van der Waals surface area contributed by atoms with Crippen LogP contribution in [0.2, 0.25) is 0 Å². The summed E-state index contributed by atoms with van der Waals surface area (Å²) in [4.78, 5) is 23.2. The molecule has 1 unspecified atom stereocenters. The molecule has 0 fully saturated rings. The maximum Gasteiger partial charge on any atom is 0.326 e. The second-order valence-corrected chi connectivity index (χ2v) is 4.45. The van der Waals surface area contributed by atoms with Crippen molar-refractivity contribution in [3.63, 3.8) is 0 Å². The van der Waals surface area contributed by atoms with Crippen LogP contribution in [-0.2, 0) is 4.79 Å². The average molecular weight is 295 g/mol. The van der Waals surface area contributed by atoms with Crippen LogP contribution in [0.25, 0.3) is 0 Å². The summed E-state index contributed by atoms with van der Waals surface area (Å²) < 4.78 is 10.5. The van der Waals surface area contributed by atoms with E-state index in [-0.39, 0.29) is 0 Å². The minimum Gasteiger partial charge on any atom is -0.493 e. The molecule has 6 heteroatoms.